The molecule has 0 bridgehead atoms. The summed E-state index contributed by atoms with van der Waals surface area (Å²) in [5, 5.41) is 13.9. The quantitative estimate of drug-likeness (QED) is 0.894. The number of carboxylic acids is 1. The van der Waals surface area contributed by atoms with Gasteiger partial charge in [-0.15, -0.1) is 0 Å². The zero-order chi connectivity index (χ0) is 14.8. The molecule has 0 aliphatic rings. The number of sulfonamides is 1. The van der Waals surface area contributed by atoms with Crippen LogP contribution in [0.4, 0.5) is 0 Å². The fraction of sp³-hybridized carbons (Fsp3) is 0. The molecule has 3 N–H and O–H groups in total. The molecule has 7 heteroatoms. The van der Waals surface area contributed by atoms with Gasteiger partial charge in [-0.25, -0.2) is 18.4 Å². The normalized spacial score (nSPS) is 11.1. The number of carbonyl (C=O) groups is 1. The lowest BCUT2D eigenvalue weighted by molar-refractivity contribution is 0.0697. The maximum Gasteiger partial charge on any atom is 0.335 e. The average molecular weight is 293 g/mol. The smallest absolute Gasteiger partial charge is 0.335 e. The summed E-state index contributed by atoms with van der Waals surface area (Å²) in [6, 6.07) is 11.5. The molecule has 0 heterocycles. The third kappa shape index (κ3) is 3.14. The van der Waals surface area contributed by atoms with Crippen LogP contribution in [0.1, 0.15) is 10.4 Å². The van der Waals surface area contributed by atoms with Crippen LogP contribution in [0.25, 0.3) is 0 Å². The van der Waals surface area contributed by atoms with Crippen LogP contribution in [-0.4, -0.2) is 19.5 Å². The molecular formula is C13H11NO5S. The molecule has 0 aliphatic carbocycles. The summed E-state index contributed by atoms with van der Waals surface area (Å²) < 4.78 is 28.2. The number of hydrogen-bond donors (Lipinski definition) is 2. The second-order valence-electron chi connectivity index (χ2n) is 3.92. The van der Waals surface area contributed by atoms with E-state index >= 15 is 0 Å². The van der Waals surface area contributed by atoms with Crippen molar-refractivity contribution in [2.24, 2.45) is 5.14 Å². The van der Waals surface area contributed by atoms with E-state index in [9.17, 15) is 13.2 Å². The van der Waals surface area contributed by atoms with Crippen molar-refractivity contribution in [1.82, 2.24) is 0 Å². The maximum absolute atomic E-state index is 11.4. The van der Waals surface area contributed by atoms with Gasteiger partial charge in [-0.1, -0.05) is 12.1 Å². The van der Waals surface area contributed by atoms with Crippen molar-refractivity contribution >= 4 is 16.0 Å². The number of ether oxygens (including phenoxy) is 1. The van der Waals surface area contributed by atoms with Gasteiger partial charge < -0.3 is 9.84 Å². The van der Waals surface area contributed by atoms with Crippen LogP contribution in [0.15, 0.2) is 53.4 Å². The maximum atomic E-state index is 11.4. The molecule has 6 nitrogen and oxygen atoms in total. The highest BCUT2D eigenvalue weighted by molar-refractivity contribution is 7.89. The third-order valence-electron chi connectivity index (χ3n) is 2.48. The number of nitrogens with two attached hydrogens (primary N) is 1. The summed E-state index contributed by atoms with van der Waals surface area (Å²) in [7, 11) is -3.89. The van der Waals surface area contributed by atoms with Gasteiger partial charge in [0.25, 0.3) is 0 Å². The molecule has 0 aromatic heterocycles. The zero-order valence-electron chi connectivity index (χ0n) is 10.2. The van der Waals surface area contributed by atoms with Crippen molar-refractivity contribution in [3.05, 3.63) is 54.1 Å². The van der Waals surface area contributed by atoms with Gasteiger partial charge in [-0.2, -0.15) is 0 Å². The van der Waals surface area contributed by atoms with Crippen molar-refractivity contribution in [2.75, 3.05) is 0 Å². The SMILES string of the molecule is NS(=O)(=O)c1ccccc1Oc1ccc(C(=O)O)cc1. The van der Waals surface area contributed by atoms with E-state index in [4.69, 9.17) is 15.0 Å². The average Bonchev–Trinajstić information content (AvgIpc) is 2.38. The first-order valence-corrected chi connectivity index (χ1v) is 7.05. The molecule has 2 aromatic rings. The Morgan fingerprint density at radius 3 is 2.20 bits per heavy atom. The first-order chi connectivity index (χ1) is 9.38. The van der Waals surface area contributed by atoms with Crippen LogP contribution in [0.2, 0.25) is 0 Å². The Labute approximate surface area is 115 Å². The molecule has 2 rings (SSSR count). The van der Waals surface area contributed by atoms with E-state index in [0.717, 1.165) is 0 Å². The fourth-order valence-electron chi connectivity index (χ4n) is 1.56. The van der Waals surface area contributed by atoms with Crippen molar-refractivity contribution in [1.29, 1.82) is 0 Å². The Morgan fingerprint density at radius 2 is 1.65 bits per heavy atom. The van der Waals surface area contributed by atoms with E-state index in [0.29, 0.717) is 5.75 Å². The van der Waals surface area contributed by atoms with Crippen LogP contribution >= 0.6 is 0 Å². The molecule has 0 unspecified atom stereocenters. The largest absolute Gasteiger partial charge is 0.478 e. The summed E-state index contributed by atoms with van der Waals surface area (Å²) in [5.41, 5.74) is 0.108. The van der Waals surface area contributed by atoms with E-state index in [1.54, 1.807) is 6.07 Å². The standard InChI is InChI=1S/C13H11NO5S/c14-20(17,18)12-4-2-1-3-11(12)19-10-7-5-9(6-8-10)13(15)16/h1-8H,(H,15,16)(H2,14,17,18). The van der Waals surface area contributed by atoms with Gasteiger partial charge in [0.15, 0.2) is 0 Å². The molecule has 104 valence electrons. The highest BCUT2D eigenvalue weighted by atomic mass is 32.2. The monoisotopic (exact) mass is 293 g/mol. The summed E-state index contributed by atoms with van der Waals surface area (Å²) in [4.78, 5) is 10.6. The summed E-state index contributed by atoms with van der Waals surface area (Å²) in [6.07, 6.45) is 0. The lowest BCUT2D eigenvalue weighted by atomic mass is 10.2. The number of hydrogen-bond acceptors (Lipinski definition) is 4. The van der Waals surface area contributed by atoms with E-state index < -0.39 is 16.0 Å². The Balaban J connectivity index is 2.33. The lowest BCUT2D eigenvalue weighted by Crippen LogP contribution is -2.13. The third-order valence-corrected chi connectivity index (χ3v) is 3.44. The van der Waals surface area contributed by atoms with Gasteiger partial charge in [0.2, 0.25) is 10.0 Å². The van der Waals surface area contributed by atoms with E-state index in [1.807, 2.05) is 0 Å². The molecule has 0 aliphatic heterocycles. The molecule has 0 saturated heterocycles. The number of rotatable bonds is 4. The number of carboxylic acid groups (broad SMARTS) is 1. The van der Waals surface area contributed by atoms with E-state index in [1.165, 1.54) is 42.5 Å². The number of benzene rings is 2. The minimum absolute atomic E-state index is 0.0816. The predicted molar refractivity (Wildman–Crippen MR) is 71.3 cm³/mol. The Morgan fingerprint density at radius 1 is 1.05 bits per heavy atom. The van der Waals surface area contributed by atoms with Gasteiger partial charge >= 0.3 is 5.97 Å². The van der Waals surface area contributed by atoms with E-state index in [2.05, 4.69) is 0 Å². The molecular weight excluding hydrogens is 282 g/mol. The predicted octanol–water partition coefficient (Wildman–Crippen LogP) is 1.82. The van der Waals surface area contributed by atoms with Gasteiger partial charge in [0.05, 0.1) is 5.56 Å². The molecule has 2 aromatic carbocycles. The Kier molecular flexibility index (Phi) is 3.73. The molecule has 0 saturated carbocycles. The number of para-hydroxylation sites is 1. The minimum Gasteiger partial charge on any atom is -0.478 e. The van der Waals surface area contributed by atoms with E-state index in [-0.39, 0.29) is 16.2 Å². The van der Waals surface area contributed by atoms with Crippen molar-refractivity contribution in [3.63, 3.8) is 0 Å². The highest BCUT2D eigenvalue weighted by Gasteiger charge is 2.15. The van der Waals surface area contributed by atoms with Crippen molar-refractivity contribution < 1.29 is 23.1 Å². The van der Waals surface area contributed by atoms with Crippen LogP contribution < -0.4 is 9.88 Å². The van der Waals surface area contributed by atoms with Crippen LogP contribution in [-0.2, 0) is 10.0 Å². The fourth-order valence-corrected chi connectivity index (χ4v) is 2.22. The zero-order valence-corrected chi connectivity index (χ0v) is 11.0. The van der Waals surface area contributed by atoms with Gasteiger partial charge in [0.1, 0.15) is 16.4 Å². The van der Waals surface area contributed by atoms with Crippen LogP contribution in [0.5, 0.6) is 11.5 Å². The Bertz CT molecular complexity index is 738. The molecule has 0 fully saturated rings. The minimum atomic E-state index is -3.89. The van der Waals surface area contributed by atoms with Gasteiger partial charge in [0, 0.05) is 0 Å². The lowest BCUT2D eigenvalue weighted by Gasteiger charge is -2.09. The molecule has 0 atom stereocenters. The Hall–Kier alpha value is -2.38. The molecule has 0 spiro atoms. The molecule has 0 amide bonds. The topological polar surface area (TPSA) is 107 Å². The first kappa shape index (κ1) is 14.0. The number of aromatic carboxylic acids is 1. The summed E-state index contributed by atoms with van der Waals surface area (Å²) >= 11 is 0. The number of primary sulfonamides is 1. The summed E-state index contributed by atoms with van der Waals surface area (Å²) in [6.45, 7) is 0. The second-order valence-corrected chi connectivity index (χ2v) is 5.45. The van der Waals surface area contributed by atoms with Crippen molar-refractivity contribution in [2.45, 2.75) is 4.90 Å². The summed E-state index contributed by atoms with van der Waals surface area (Å²) in [5.74, 6) is -0.661. The van der Waals surface area contributed by atoms with Crippen molar-refractivity contribution in [3.8, 4) is 11.5 Å². The first-order valence-electron chi connectivity index (χ1n) is 5.51. The highest BCUT2D eigenvalue weighted by Crippen LogP contribution is 2.27. The van der Waals surface area contributed by atoms with Gasteiger partial charge in [-0.05, 0) is 36.4 Å². The van der Waals surface area contributed by atoms with Crippen LogP contribution in [0, 0.1) is 0 Å². The van der Waals surface area contributed by atoms with Gasteiger partial charge in [-0.3, -0.25) is 0 Å². The molecule has 0 radical (unpaired) electrons. The molecule has 20 heavy (non-hydrogen) atoms. The second kappa shape index (κ2) is 5.32. The van der Waals surface area contributed by atoms with Crippen LogP contribution in [0.3, 0.4) is 0 Å².